The molecule has 0 radical (unpaired) electrons. The van der Waals surface area contributed by atoms with E-state index in [1.807, 2.05) is 30.6 Å². The molecule has 0 aromatic heterocycles. The van der Waals surface area contributed by atoms with Crippen molar-refractivity contribution >= 4 is 12.2 Å². The number of ether oxygens (including phenoxy) is 2. The van der Waals surface area contributed by atoms with Crippen LogP contribution in [0.3, 0.4) is 0 Å². The summed E-state index contributed by atoms with van der Waals surface area (Å²) < 4.78 is 10.7. The number of piperazine rings is 1. The van der Waals surface area contributed by atoms with Crippen LogP contribution in [0.5, 0.6) is 0 Å². The van der Waals surface area contributed by atoms with Crippen molar-refractivity contribution in [1.82, 2.24) is 20.4 Å². The molecule has 3 aliphatic rings. The lowest BCUT2D eigenvalue weighted by atomic mass is 9.73. The largest absolute Gasteiger partial charge is 0.453 e. The molecule has 5 atom stereocenters. The van der Waals surface area contributed by atoms with E-state index < -0.39 is 0 Å². The Kier molecular flexibility index (Phi) is 9.64. The topological polar surface area (TPSA) is 109 Å². The molecule has 2 amide bonds. The average Bonchev–Trinajstić information content (AvgIpc) is 2.81. The Morgan fingerprint density at radius 3 is 2.48 bits per heavy atom. The number of hydrogen-bond donors (Lipinski definition) is 3. The molecule has 33 heavy (non-hydrogen) atoms. The molecular weight excluding hydrogens is 422 g/mol. The molecule has 4 unspecified atom stereocenters. The zero-order valence-corrected chi connectivity index (χ0v) is 20.9. The summed E-state index contributed by atoms with van der Waals surface area (Å²) in [7, 11) is 1.42. The first-order valence-electron chi connectivity index (χ1n) is 12.8. The number of methoxy groups -OCH3 is 1. The third-order valence-corrected chi connectivity index (χ3v) is 7.74. The highest BCUT2D eigenvalue weighted by Gasteiger charge is 2.48. The van der Waals surface area contributed by atoms with Gasteiger partial charge in [0.2, 0.25) is 0 Å². The standard InChI is InChI=1S/C24H45N5O4/c1-16(2)33-23(30)28-15-17(3)29(24(31)32-4)21-6-5-19(11-22(21)28)20(12-25)14-27-13-18-7-9-26-10-8-18/h16-22,26-27H,5-15,25H2,1-4H3/t17-,19?,20?,21?,22?/m0/s1. The Morgan fingerprint density at radius 1 is 1.12 bits per heavy atom. The Morgan fingerprint density at radius 2 is 1.85 bits per heavy atom. The highest BCUT2D eigenvalue weighted by atomic mass is 16.6. The molecule has 4 N–H and O–H groups in total. The second-order valence-electron chi connectivity index (χ2n) is 10.4. The third kappa shape index (κ3) is 6.51. The summed E-state index contributed by atoms with van der Waals surface area (Å²) in [5.41, 5.74) is 6.23. The van der Waals surface area contributed by atoms with Gasteiger partial charge in [-0.3, -0.25) is 4.90 Å². The lowest BCUT2D eigenvalue weighted by Crippen LogP contribution is -2.67. The van der Waals surface area contributed by atoms with Crippen molar-refractivity contribution in [3.05, 3.63) is 0 Å². The monoisotopic (exact) mass is 467 g/mol. The van der Waals surface area contributed by atoms with Crippen LogP contribution in [-0.4, -0.2) is 92.6 Å². The number of fused-ring (bicyclic) bond motifs is 1. The van der Waals surface area contributed by atoms with Crippen molar-refractivity contribution in [2.75, 3.05) is 46.4 Å². The van der Waals surface area contributed by atoms with Crippen LogP contribution in [0.15, 0.2) is 0 Å². The third-order valence-electron chi connectivity index (χ3n) is 7.74. The summed E-state index contributed by atoms with van der Waals surface area (Å²) >= 11 is 0. The number of nitrogens with one attached hydrogen (secondary N) is 2. The molecule has 190 valence electrons. The predicted octanol–water partition coefficient (Wildman–Crippen LogP) is 2.01. The molecule has 3 fully saturated rings. The van der Waals surface area contributed by atoms with E-state index in [-0.39, 0.29) is 36.4 Å². The first-order chi connectivity index (χ1) is 15.8. The highest BCUT2D eigenvalue weighted by molar-refractivity contribution is 5.72. The zero-order chi connectivity index (χ0) is 24.0. The van der Waals surface area contributed by atoms with E-state index in [2.05, 4.69) is 10.6 Å². The molecule has 9 nitrogen and oxygen atoms in total. The minimum absolute atomic E-state index is 0.0571. The van der Waals surface area contributed by atoms with Gasteiger partial charge in [0, 0.05) is 6.54 Å². The number of nitrogens with zero attached hydrogens (tertiary/aromatic N) is 2. The van der Waals surface area contributed by atoms with Gasteiger partial charge in [0.25, 0.3) is 0 Å². The van der Waals surface area contributed by atoms with Crippen molar-refractivity contribution in [2.24, 2.45) is 23.5 Å². The second kappa shape index (κ2) is 12.2. The Bertz CT molecular complexity index is 642. The van der Waals surface area contributed by atoms with E-state index >= 15 is 0 Å². The fraction of sp³-hybridized carbons (Fsp3) is 0.917. The predicted molar refractivity (Wildman–Crippen MR) is 128 cm³/mol. The van der Waals surface area contributed by atoms with Gasteiger partial charge in [-0.25, -0.2) is 9.59 Å². The molecule has 0 bridgehead atoms. The van der Waals surface area contributed by atoms with E-state index in [1.54, 1.807) is 0 Å². The lowest BCUT2D eigenvalue weighted by Gasteiger charge is -2.53. The van der Waals surface area contributed by atoms with E-state index in [0.717, 1.165) is 51.4 Å². The first kappa shape index (κ1) is 26.0. The number of carbonyl (C=O) groups is 2. The summed E-state index contributed by atoms with van der Waals surface area (Å²) in [5.74, 6) is 1.48. The molecule has 2 saturated heterocycles. The fourth-order valence-electron chi connectivity index (χ4n) is 5.99. The van der Waals surface area contributed by atoms with Gasteiger partial charge < -0.3 is 30.7 Å². The average molecular weight is 468 g/mol. The summed E-state index contributed by atoms with van der Waals surface area (Å²) in [4.78, 5) is 29.3. The molecule has 2 aliphatic heterocycles. The molecule has 9 heteroatoms. The summed E-state index contributed by atoms with van der Waals surface area (Å²) in [6.07, 6.45) is 4.33. The van der Waals surface area contributed by atoms with Gasteiger partial charge >= 0.3 is 12.2 Å². The van der Waals surface area contributed by atoms with Gasteiger partial charge in [0.15, 0.2) is 0 Å². The first-order valence-corrected chi connectivity index (χ1v) is 12.8. The van der Waals surface area contributed by atoms with E-state index in [1.165, 1.54) is 20.0 Å². The normalized spacial score (nSPS) is 29.5. The van der Waals surface area contributed by atoms with Gasteiger partial charge in [0.05, 0.1) is 31.3 Å². The van der Waals surface area contributed by atoms with Crippen LogP contribution in [0, 0.1) is 17.8 Å². The zero-order valence-electron chi connectivity index (χ0n) is 20.9. The van der Waals surface area contributed by atoms with Crippen LogP contribution in [0.4, 0.5) is 9.59 Å². The van der Waals surface area contributed by atoms with Crippen LogP contribution < -0.4 is 16.4 Å². The molecule has 0 aromatic carbocycles. The Hall–Kier alpha value is -1.58. The molecule has 0 spiro atoms. The quantitative estimate of drug-likeness (QED) is 0.525. The van der Waals surface area contributed by atoms with Crippen molar-refractivity contribution < 1.29 is 19.1 Å². The highest BCUT2D eigenvalue weighted by Crippen LogP contribution is 2.39. The van der Waals surface area contributed by atoms with Gasteiger partial charge in [-0.15, -0.1) is 0 Å². The van der Waals surface area contributed by atoms with Crippen LogP contribution >= 0.6 is 0 Å². The summed E-state index contributed by atoms with van der Waals surface area (Å²) in [5, 5.41) is 7.10. The number of amides is 2. The number of hydrogen-bond acceptors (Lipinski definition) is 7. The summed E-state index contributed by atoms with van der Waals surface area (Å²) in [6.45, 7) is 10.9. The number of rotatable bonds is 7. The number of piperidine rings is 1. The molecule has 0 aromatic rings. The van der Waals surface area contributed by atoms with Gasteiger partial charge in [-0.05, 0) is 103 Å². The second-order valence-corrected chi connectivity index (χ2v) is 10.4. The van der Waals surface area contributed by atoms with E-state index in [4.69, 9.17) is 15.2 Å². The van der Waals surface area contributed by atoms with Crippen LogP contribution in [0.1, 0.15) is 52.9 Å². The maximum atomic E-state index is 13.0. The number of carbonyl (C=O) groups excluding carboxylic acids is 2. The van der Waals surface area contributed by atoms with Crippen molar-refractivity contribution in [2.45, 2.75) is 77.1 Å². The Labute approximate surface area is 199 Å². The van der Waals surface area contributed by atoms with Gasteiger partial charge in [-0.1, -0.05) is 0 Å². The molecular formula is C24H45N5O4. The van der Waals surface area contributed by atoms with Crippen LogP contribution in [0.25, 0.3) is 0 Å². The van der Waals surface area contributed by atoms with Crippen molar-refractivity contribution in [3.8, 4) is 0 Å². The smallest absolute Gasteiger partial charge is 0.410 e. The van der Waals surface area contributed by atoms with Crippen LogP contribution in [0.2, 0.25) is 0 Å². The minimum atomic E-state index is -0.313. The molecule has 3 rings (SSSR count). The van der Waals surface area contributed by atoms with E-state index in [0.29, 0.717) is 24.9 Å². The van der Waals surface area contributed by atoms with Crippen molar-refractivity contribution in [1.29, 1.82) is 0 Å². The van der Waals surface area contributed by atoms with Gasteiger partial charge in [-0.2, -0.15) is 0 Å². The molecule has 1 saturated carbocycles. The van der Waals surface area contributed by atoms with Crippen molar-refractivity contribution in [3.63, 3.8) is 0 Å². The molecule has 2 heterocycles. The summed E-state index contributed by atoms with van der Waals surface area (Å²) in [6, 6.07) is -0.256. The van der Waals surface area contributed by atoms with E-state index in [9.17, 15) is 9.59 Å². The number of nitrogens with two attached hydrogens (primary N) is 1. The fourth-order valence-corrected chi connectivity index (χ4v) is 5.99. The van der Waals surface area contributed by atoms with Gasteiger partial charge in [0.1, 0.15) is 0 Å². The Balaban J connectivity index is 1.67. The lowest BCUT2D eigenvalue weighted by molar-refractivity contribution is -0.0448. The molecule has 1 aliphatic carbocycles. The SMILES string of the molecule is COC(=O)N1C2CCC(C(CN)CNCC3CCNCC3)CC2N(C(=O)OC(C)C)C[C@@H]1C. The maximum absolute atomic E-state index is 13.0. The van der Waals surface area contributed by atoms with Crippen LogP contribution in [-0.2, 0) is 9.47 Å². The maximum Gasteiger partial charge on any atom is 0.410 e. The minimum Gasteiger partial charge on any atom is -0.453 e.